The molecule has 0 unspecified atom stereocenters. The van der Waals surface area contributed by atoms with Gasteiger partial charge in [-0.05, 0) is 38.4 Å². The molecule has 26 heavy (non-hydrogen) atoms. The van der Waals surface area contributed by atoms with Crippen molar-refractivity contribution in [2.24, 2.45) is 0 Å². The van der Waals surface area contributed by atoms with Crippen molar-refractivity contribution in [3.8, 4) is 5.75 Å². The first-order valence-electron chi connectivity index (χ1n) is 8.94. The van der Waals surface area contributed by atoms with Crippen LogP contribution in [0.25, 0.3) is 11.0 Å². The van der Waals surface area contributed by atoms with Crippen molar-refractivity contribution < 1.29 is 9.84 Å². The van der Waals surface area contributed by atoms with Gasteiger partial charge in [0.2, 0.25) is 0 Å². The summed E-state index contributed by atoms with van der Waals surface area (Å²) in [5.41, 5.74) is 3.11. The van der Waals surface area contributed by atoms with E-state index in [-0.39, 0.29) is 6.04 Å². The second-order valence-electron chi connectivity index (χ2n) is 7.25. The van der Waals surface area contributed by atoms with Crippen LogP contribution in [0.5, 0.6) is 5.75 Å². The highest BCUT2D eigenvalue weighted by atomic mass is 16.5. The number of hydrogen-bond acceptors (Lipinski definition) is 5. The third-order valence-corrected chi connectivity index (χ3v) is 4.96. The van der Waals surface area contributed by atoms with Crippen molar-refractivity contribution in [1.29, 1.82) is 0 Å². The van der Waals surface area contributed by atoms with Gasteiger partial charge in [0.1, 0.15) is 17.5 Å². The van der Waals surface area contributed by atoms with Crippen molar-refractivity contribution in [3.63, 3.8) is 0 Å². The normalized spacial score (nSPS) is 21.2. The quantitative estimate of drug-likeness (QED) is 0.758. The second-order valence-corrected chi connectivity index (χ2v) is 7.25. The average molecular weight is 349 g/mol. The topological polar surface area (TPSA) is 67.3 Å². The molecule has 1 aromatic heterocycles. The van der Waals surface area contributed by atoms with Crippen LogP contribution in [-0.2, 0) is 6.42 Å². The zero-order valence-electron chi connectivity index (χ0n) is 15.0. The lowest BCUT2D eigenvalue weighted by atomic mass is 9.86. The van der Waals surface area contributed by atoms with Crippen molar-refractivity contribution >= 4 is 11.0 Å². The number of ether oxygens (including phenoxy) is 1. The molecule has 0 saturated heterocycles. The molecule has 0 saturated carbocycles. The van der Waals surface area contributed by atoms with Crippen molar-refractivity contribution in [1.82, 2.24) is 15.3 Å². The van der Waals surface area contributed by atoms with Crippen LogP contribution in [0.1, 0.15) is 31.0 Å². The Bertz CT molecular complexity index is 912. The summed E-state index contributed by atoms with van der Waals surface area (Å²) in [5, 5.41) is 14.4. The highest BCUT2D eigenvalue weighted by Gasteiger charge is 2.42. The van der Waals surface area contributed by atoms with Gasteiger partial charge in [0.15, 0.2) is 0 Å². The molecule has 2 heterocycles. The van der Waals surface area contributed by atoms with Crippen LogP contribution in [0, 0.1) is 0 Å². The molecule has 0 bridgehead atoms. The molecule has 4 rings (SSSR count). The summed E-state index contributed by atoms with van der Waals surface area (Å²) in [6.45, 7) is 4.58. The lowest BCUT2D eigenvalue weighted by molar-refractivity contribution is -0.0642. The lowest BCUT2D eigenvalue weighted by Crippen LogP contribution is -2.52. The Balaban J connectivity index is 1.63. The second kappa shape index (κ2) is 6.67. The van der Waals surface area contributed by atoms with Gasteiger partial charge in [-0.3, -0.25) is 9.97 Å². The van der Waals surface area contributed by atoms with E-state index in [1.807, 2.05) is 44.2 Å². The number of aliphatic hydroxyl groups is 1. The maximum Gasteiger partial charge on any atom is 0.131 e. The molecule has 0 fully saturated rings. The molecular weight excluding hydrogens is 326 g/mol. The molecule has 1 aliphatic rings. The fraction of sp³-hybridized carbons (Fsp3) is 0.333. The maximum atomic E-state index is 10.9. The predicted molar refractivity (Wildman–Crippen MR) is 101 cm³/mol. The van der Waals surface area contributed by atoms with E-state index < -0.39 is 11.7 Å². The Hall–Kier alpha value is -2.50. The molecule has 5 heteroatoms. The van der Waals surface area contributed by atoms with Crippen LogP contribution < -0.4 is 10.1 Å². The van der Waals surface area contributed by atoms with E-state index in [0.29, 0.717) is 0 Å². The van der Waals surface area contributed by atoms with Crippen molar-refractivity contribution in [3.05, 3.63) is 66.0 Å². The Morgan fingerprint density at radius 2 is 1.77 bits per heavy atom. The minimum absolute atomic E-state index is 0.219. The molecule has 2 aromatic carbocycles. The van der Waals surface area contributed by atoms with Crippen LogP contribution in [0.3, 0.4) is 0 Å². The molecule has 134 valence electrons. The summed E-state index contributed by atoms with van der Waals surface area (Å²) in [6, 6.07) is 14.0. The molecule has 0 radical (unpaired) electrons. The molecule has 0 amide bonds. The van der Waals surface area contributed by atoms with Crippen LogP contribution in [0.2, 0.25) is 0 Å². The summed E-state index contributed by atoms with van der Waals surface area (Å²) in [7, 11) is 0. The van der Waals surface area contributed by atoms with Gasteiger partial charge in [0, 0.05) is 24.0 Å². The van der Waals surface area contributed by atoms with Crippen molar-refractivity contribution in [2.45, 2.75) is 38.0 Å². The van der Waals surface area contributed by atoms with Gasteiger partial charge in [-0.1, -0.05) is 30.3 Å². The Kier molecular flexibility index (Phi) is 4.34. The van der Waals surface area contributed by atoms with Gasteiger partial charge in [0.25, 0.3) is 0 Å². The zero-order chi connectivity index (χ0) is 18.1. The number of hydrogen-bond donors (Lipinski definition) is 2. The number of aromatic nitrogens is 2. The zero-order valence-corrected chi connectivity index (χ0v) is 15.0. The molecule has 2 atom stereocenters. The number of aliphatic hydroxyl groups excluding tert-OH is 1. The van der Waals surface area contributed by atoms with Gasteiger partial charge in [-0.15, -0.1) is 0 Å². The van der Waals surface area contributed by atoms with E-state index in [1.165, 1.54) is 5.56 Å². The minimum Gasteiger partial charge on any atom is -0.485 e. The number of rotatable bonds is 4. The summed E-state index contributed by atoms with van der Waals surface area (Å²) in [4.78, 5) is 8.74. The highest BCUT2D eigenvalue weighted by molar-refractivity contribution is 5.77. The van der Waals surface area contributed by atoms with Crippen LogP contribution in [-0.4, -0.2) is 33.3 Å². The van der Waals surface area contributed by atoms with E-state index in [9.17, 15) is 5.11 Å². The van der Waals surface area contributed by atoms with Gasteiger partial charge >= 0.3 is 0 Å². The molecule has 3 aromatic rings. The first-order valence-corrected chi connectivity index (χ1v) is 8.94. The van der Waals surface area contributed by atoms with Gasteiger partial charge < -0.3 is 15.2 Å². The van der Waals surface area contributed by atoms with E-state index in [4.69, 9.17) is 4.74 Å². The van der Waals surface area contributed by atoms with Gasteiger partial charge in [0.05, 0.1) is 17.1 Å². The Morgan fingerprint density at radius 3 is 2.50 bits per heavy atom. The van der Waals surface area contributed by atoms with E-state index in [0.717, 1.165) is 35.3 Å². The number of benzene rings is 2. The average Bonchev–Trinajstić information content (AvgIpc) is 2.64. The molecule has 2 N–H and O–H groups in total. The van der Waals surface area contributed by atoms with E-state index >= 15 is 0 Å². The third-order valence-electron chi connectivity index (χ3n) is 4.96. The Morgan fingerprint density at radius 1 is 1.08 bits per heavy atom. The third kappa shape index (κ3) is 3.16. The molecule has 1 aliphatic heterocycles. The highest BCUT2D eigenvalue weighted by Crippen LogP contribution is 2.41. The fourth-order valence-electron chi connectivity index (χ4n) is 3.49. The summed E-state index contributed by atoms with van der Waals surface area (Å²) < 4.78 is 6.08. The molecular formula is C21H23N3O2. The summed E-state index contributed by atoms with van der Waals surface area (Å²) in [5.74, 6) is 0.755. The van der Waals surface area contributed by atoms with Crippen LogP contribution in [0.4, 0.5) is 0 Å². The maximum absolute atomic E-state index is 10.9. The first-order chi connectivity index (χ1) is 12.5. The van der Waals surface area contributed by atoms with E-state index in [2.05, 4.69) is 27.4 Å². The lowest BCUT2D eigenvalue weighted by Gasteiger charge is -2.42. The Labute approximate surface area is 153 Å². The van der Waals surface area contributed by atoms with Crippen molar-refractivity contribution in [2.75, 3.05) is 6.54 Å². The van der Waals surface area contributed by atoms with Gasteiger partial charge in [-0.25, -0.2) is 0 Å². The van der Waals surface area contributed by atoms with Crippen LogP contribution in [0.15, 0.2) is 54.9 Å². The molecule has 0 aliphatic carbocycles. The monoisotopic (exact) mass is 349 g/mol. The smallest absolute Gasteiger partial charge is 0.131 e. The SMILES string of the molecule is CC1(C)Oc2cc3nccnc3cc2[C@H](NCCc2ccccc2)[C@H]1O. The summed E-state index contributed by atoms with van der Waals surface area (Å²) >= 11 is 0. The first kappa shape index (κ1) is 16.9. The molecule has 0 spiro atoms. The number of nitrogens with one attached hydrogen (secondary N) is 1. The predicted octanol–water partition coefficient (Wildman–Crippen LogP) is 3.04. The number of nitrogens with zero attached hydrogens (tertiary/aromatic N) is 2. The summed E-state index contributed by atoms with van der Waals surface area (Å²) in [6.07, 6.45) is 3.58. The minimum atomic E-state index is -0.687. The van der Waals surface area contributed by atoms with E-state index in [1.54, 1.807) is 12.4 Å². The fourth-order valence-corrected chi connectivity index (χ4v) is 3.49. The van der Waals surface area contributed by atoms with Gasteiger partial charge in [-0.2, -0.15) is 0 Å². The standard InChI is InChI=1S/C21H23N3O2/c1-21(2)20(25)19(24-9-8-14-6-4-3-5-7-14)15-12-16-17(13-18(15)26-21)23-11-10-22-16/h3-7,10-13,19-20,24-25H,8-9H2,1-2H3/t19-,20+/m0/s1. The number of fused-ring (bicyclic) bond motifs is 2. The largest absolute Gasteiger partial charge is 0.485 e. The van der Waals surface area contributed by atoms with Crippen LogP contribution >= 0.6 is 0 Å². The molecule has 5 nitrogen and oxygen atoms in total.